The summed E-state index contributed by atoms with van der Waals surface area (Å²) in [5.74, 6) is -0.430. The van der Waals surface area contributed by atoms with Gasteiger partial charge in [-0.15, -0.1) is 0 Å². The van der Waals surface area contributed by atoms with Crippen molar-refractivity contribution in [1.29, 1.82) is 0 Å². The van der Waals surface area contributed by atoms with Crippen LogP contribution in [0.3, 0.4) is 0 Å². The molecule has 2 atom stereocenters. The highest BCUT2D eigenvalue weighted by Gasteiger charge is 2.45. The Kier molecular flexibility index (Phi) is 4.22. The van der Waals surface area contributed by atoms with Crippen LogP contribution in [-0.4, -0.2) is 64.8 Å². The number of amides is 2. The molecule has 2 aliphatic rings. The van der Waals surface area contributed by atoms with Gasteiger partial charge in [0, 0.05) is 12.6 Å². The zero-order valence-corrected chi connectivity index (χ0v) is 12.5. The molecule has 2 rings (SSSR count). The fraction of sp³-hybridized carbons (Fsp3) is 0.857. The minimum absolute atomic E-state index is 0.0560. The smallest absolute Gasteiger partial charge is 0.329 e. The monoisotopic (exact) mass is 284 g/mol. The summed E-state index contributed by atoms with van der Waals surface area (Å²) in [6.45, 7) is 7.54. The first kappa shape index (κ1) is 15.1. The molecule has 0 bridgehead atoms. The molecule has 2 aliphatic heterocycles. The van der Waals surface area contributed by atoms with E-state index in [1.165, 1.54) is 6.42 Å². The zero-order chi connectivity index (χ0) is 14.9. The van der Waals surface area contributed by atoms with Crippen LogP contribution in [0.4, 0.5) is 4.79 Å². The van der Waals surface area contributed by atoms with Gasteiger partial charge in [-0.05, 0) is 32.6 Å². The van der Waals surface area contributed by atoms with E-state index in [0.29, 0.717) is 19.0 Å². The van der Waals surface area contributed by atoms with Gasteiger partial charge in [0.05, 0.1) is 13.1 Å². The van der Waals surface area contributed by atoms with Crippen molar-refractivity contribution in [3.05, 3.63) is 0 Å². The van der Waals surface area contributed by atoms with Gasteiger partial charge in [0.1, 0.15) is 12.2 Å². The lowest BCUT2D eigenvalue weighted by molar-refractivity contribution is -0.160. The second kappa shape index (κ2) is 5.60. The van der Waals surface area contributed by atoms with Crippen LogP contribution >= 0.6 is 0 Å². The van der Waals surface area contributed by atoms with E-state index in [1.54, 1.807) is 4.90 Å². The standard InChI is InChI=1S/C14H24N2O4/c1-10-4-5-11(2)16(6-10)13(19)15-8-14(3,9-15)20-7-12(17)18/h10-11H,4-9H2,1-3H3,(H,17,18). The van der Waals surface area contributed by atoms with Crippen molar-refractivity contribution >= 4 is 12.0 Å². The van der Waals surface area contributed by atoms with Crippen molar-refractivity contribution < 1.29 is 19.4 Å². The van der Waals surface area contributed by atoms with E-state index >= 15 is 0 Å². The average molecular weight is 284 g/mol. The topological polar surface area (TPSA) is 70.1 Å². The average Bonchev–Trinajstić information content (AvgIpc) is 2.35. The molecular formula is C14H24N2O4. The summed E-state index contributed by atoms with van der Waals surface area (Å²) in [6, 6.07) is 0.339. The van der Waals surface area contributed by atoms with Crippen molar-refractivity contribution in [2.75, 3.05) is 26.2 Å². The Bertz CT molecular complexity index is 393. The minimum atomic E-state index is -0.977. The van der Waals surface area contributed by atoms with Crippen molar-refractivity contribution in [2.24, 2.45) is 5.92 Å². The van der Waals surface area contributed by atoms with E-state index in [4.69, 9.17) is 9.84 Å². The predicted molar refractivity (Wildman–Crippen MR) is 73.5 cm³/mol. The van der Waals surface area contributed by atoms with Gasteiger partial charge in [0.15, 0.2) is 0 Å². The predicted octanol–water partition coefficient (Wildman–Crippen LogP) is 1.40. The van der Waals surface area contributed by atoms with Crippen LogP contribution in [0.2, 0.25) is 0 Å². The van der Waals surface area contributed by atoms with Gasteiger partial charge < -0.3 is 19.6 Å². The molecule has 2 saturated heterocycles. The number of urea groups is 1. The fourth-order valence-corrected chi connectivity index (χ4v) is 2.96. The first-order valence-electron chi connectivity index (χ1n) is 7.22. The van der Waals surface area contributed by atoms with Crippen molar-refractivity contribution in [3.8, 4) is 0 Å². The number of carboxylic acid groups (broad SMARTS) is 1. The summed E-state index contributed by atoms with van der Waals surface area (Å²) >= 11 is 0. The number of nitrogens with zero attached hydrogens (tertiary/aromatic N) is 2. The molecule has 20 heavy (non-hydrogen) atoms. The van der Waals surface area contributed by atoms with Crippen LogP contribution in [-0.2, 0) is 9.53 Å². The molecule has 0 radical (unpaired) electrons. The Morgan fingerprint density at radius 3 is 2.55 bits per heavy atom. The van der Waals surface area contributed by atoms with Gasteiger partial charge in [-0.25, -0.2) is 9.59 Å². The number of rotatable bonds is 3. The lowest BCUT2D eigenvalue weighted by Crippen LogP contribution is -2.66. The third kappa shape index (κ3) is 3.23. The normalized spacial score (nSPS) is 28.9. The van der Waals surface area contributed by atoms with Crippen molar-refractivity contribution in [3.63, 3.8) is 0 Å². The maximum atomic E-state index is 12.4. The highest BCUT2D eigenvalue weighted by molar-refractivity contribution is 5.76. The molecule has 2 amide bonds. The Morgan fingerprint density at radius 2 is 1.95 bits per heavy atom. The molecular weight excluding hydrogens is 260 g/mol. The third-order valence-electron chi connectivity index (χ3n) is 4.23. The SMILES string of the molecule is CC1CCC(C)N(C(=O)N2CC(C)(OCC(=O)O)C2)C1. The summed E-state index contributed by atoms with van der Waals surface area (Å²) in [6.07, 6.45) is 2.22. The van der Waals surface area contributed by atoms with E-state index in [9.17, 15) is 9.59 Å². The highest BCUT2D eigenvalue weighted by Crippen LogP contribution is 2.29. The summed E-state index contributed by atoms with van der Waals surface area (Å²) in [7, 11) is 0. The Balaban J connectivity index is 1.85. The van der Waals surface area contributed by atoms with Crippen LogP contribution in [0.5, 0.6) is 0 Å². The number of hydrogen-bond donors (Lipinski definition) is 1. The van der Waals surface area contributed by atoms with Crippen LogP contribution < -0.4 is 0 Å². The molecule has 2 fully saturated rings. The largest absolute Gasteiger partial charge is 0.480 e. The van der Waals surface area contributed by atoms with E-state index in [1.807, 2.05) is 11.8 Å². The van der Waals surface area contributed by atoms with E-state index in [0.717, 1.165) is 13.0 Å². The third-order valence-corrected chi connectivity index (χ3v) is 4.23. The molecule has 0 aromatic heterocycles. The summed E-state index contributed by atoms with van der Waals surface area (Å²) in [5.41, 5.74) is -0.515. The van der Waals surface area contributed by atoms with Gasteiger partial charge in [0.25, 0.3) is 0 Å². The van der Waals surface area contributed by atoms with Gasteiger partial charge in [-0.3, -0.25) is 0 Å². The maximum absolute atomic E-state index is 12.4. The highest BCUT2D eigenvalue weighted by atomic mass is 16.5. The number of carbonyl (C=O) groups excluding carboxylic acids is 1. The quantitative estimate of drug-likeness (QED) is 0.850. The first-order chi connectivity index (χ1) is 9.31. The second-order valence-corrected chi connectivity index (χ2v) is 6.45. The molecule has 114 valence electrons. The maximum Gasteiger partial charge on any atom is 0.329 e. The number of carbonyl (C=O) groups is 2. The molecule has 2 unspecified atom stereocenters. The minimum Gasteiger partial charge on any atom is -0.480 e. The molecule has 0 aliphatic carbocycles. The second-order valence-electron chi connectivity index (χ2n) is 6.45. The van der Waals surface area contributed by atoms with Gasteiger partial charge in [-0.1, -0.05) is 6.92 Å². The number of aliphatic carboxylic acids is 1. The number of carboxylic acids is 1. The van der Waals surface area contributed by atoms with E-state index in [-0.39, 0.29) is 18.7 Å². The van der Waals surface area contributed by atoms with Crippen LogP contribution in [0.15, 0.2) is 0 Å². The molecule has 0 saturated carbocycles. The summed E-state index contributed by atoms with van der Waals surface area (Å²) < 4.78 is 5.33. The van der Waals surface area contributed by atoms with Crippen LogP contribution in [0.25, 0.3) is 0 Å². The summed E-state index contributed by atoms with van der Waals surface area (Å²) in [4.78, 5) is 26.6. The lowest BCUT2D eigenvalue weighted by atomic mass is 9.94. The van der Waals surface area contributed by atoms with Crippen LogP contribution in [0.1, 0.15) is 33.6 Å². The number of likely N-dealkylation sites (tertiary alicyclic amines) is 2. The number of hydrogen-bond acceptors (Lipinski definition) is 3. The molecule has 0 spiro atoms. The van der Waals surface area contributed by atoms with Crippen molar-refractivity contribution in [1.82, 2.24) is 9.80 Å². The Hall–Kier alpha value is -1.30. The van der Waals surface area contributed by atoms with Crippen LogP contribution in [0, 0.1) is 5.92 Å². The number of piperidine rings is 1. The zero-order valence-electron chi connectivity index (χ0n) is 12.5. The Labute approximate surface area is 119 Å². The van der Waals surface area contributed by atoms with Gasteiger partial charge in [0.2, 0.25) is 0 Å². The molecule has 6 nitrogen and oxygen atoms in total. The van der Waals surface area contributed by atoms with Gasteiger partial charge in [-0.2, -0.15) is 0 Å². The van der Waals surface area contributed by atoms with E-state index < -0.39 is 11.6 Å². The molecule has 2 heterocycles. The fourth-order valence-electron chi connectivity index (χ4n) is 2.96. The number of ether oxygens (including phenoxy) is 1. The molecule has 1 N–H and O–H groups in total. The molecule has 0 aromatic carbocycles. The summed E-state index contributed by atoms with van der Waals surface area (Å²) in [5, 5.41) is 8.63. The lowest BCUT2D eigenvalue weighted by Gasteiger charge is -2.50. The van der Waals surface area contributed by atoms with Crippen molar-refractivity contribution in [2.45, 2.75) is 45.3 Å². The molecule has 0 aromatic rings. The van der Waals surface area contributed by atoms with E-state index in [2.05, 4.69) is 13.8 Å². The first-order valence-corrected chi connectivity index (χ1v) is 7.22. The van der Waals surface area contributed by atoms with Gasteiger partial charge >= 0.3 is 12.0 Å². The molecule has 6 heteroatoms. The Morgan fingerprint density at radius 1 is 1.30 bits per heavy atom.